The minimum atomic E-state index is -4.07. The lowest BCUT2D eigenvalue weighted by molar-refractivity contribution is 0.151. The minimum Gasteiger partial charge on any atom is -0.243 e. The molecule has 1 rings (SSSR count). The number of nitrogens with zero attached hydrogens (tertiary/aromatic N) is 1. The first-order valence-electron chi connectivity index (χ1n) is 3.63. The first-order chi connectivity index (χ1) is 6.75. The third-order valence-corrected chi connectivity index (χ3v) is 3.50. The van der Waals surface area contributed by atoms with Gasteiger partial charge in [-0.1, -0.05) is 11.6 Å². The van der Waals surface area contributed by atoms with E-state index in [0.717, 1.165) is 0 Å². The van der Waals surface area contributed by atoms with Crippen LogP contribution in [0.1, 0.15) is 17.6 Å². The van der Waals surface area contributed by atoms with Crippen molar-refractivity contribution in [3.63, 3.8) is 0 Å². The topological polar surface area (TPSA) is 47.0 Å². The molecule has 0 aliphatic rings. The average molecular weight is 276 g/mol. The summed E-state index contributed by atoms with van der Waals surface area (Å²) in [5.41, 5.74) is -0.595. The fourth-order valence-electron chi connectivity index (χ4n) is 0.990. The summed E-state index contributed by atoms with van der Waals surface area (Å²) in [6.07, 6.45) is -2.11. The highest BCUT2D eigenvalue weighted by Crippen LogP contribution is 2.32. The van der Waals surface area contributed by atoms with E-state index in [1.165, 1.54) is 6.92 Å². The monoisotopic (exact) mass is 275 g/mol. The molecule has 0 N–H and O–H groups in total. The lowest BCUT2D eigenvalue weighted by Crippen LogP contribution is -2.02. The van der Waals surface area contributed by atoms with Gasteiger partial charge in [0.25, 0.3) is 15.5 Å². The number of hydrogen-bond donors (Lipinski definition) is 0. The smallest absolute Gasteiger partial charge is 0.243 e. The minimum absolute atomic E-state index is 0.0792. The Morgan fingerprint density at radius 1 is 1.47 bits per heavy atom. The maximum atomic E-state index is 12.3. The van der Waals surface area contributed by atoms with E-state index in [0.29, 0.717) is 6.20 Å². The Bertz CT molecular complexity index is 490. The lowest BCUT2D eigenvalue weighted by Gasteiger charge is -2.07. The van der Waals surface area contributed by atoms with Crippen molar-refractivity contribution < 1.29 is 17.2 Å². The zero-order valence-electron chi connectivity index (χ0n) is 7.34. The number of hydrogen-bond acceptors (Lipinski definition) is 3. The van der Waals surface area contributed by atoms with Crippen molar-refractivity contribution in [1.29, 1.82) is 0 Å². The summed E-state index contributed by atoms with van der Waals surface area (Å²) in [5, 5.41) is -0.835. The van der Waals surface area contributed by atoms with E-state index in [1.807, 2.05) is 0 Å². The zero-order valence-corrected chi connectivity index (χ0v) is 9.67. The molecule has 0 atom stereocenters. The van der Waals surface area contributed by atoms with Gasteiger partial charge in [0.1, 0.15) is 0 Å². The normalized spacial score (nSPS) is 12.1. The maximum absolute atomic E-state index is 12.3. The van der Waals surface area contributed by atoms with E-state index in [2.05, 4.69) is 4.98 Å². The van der Waals surface area contributed by atoms with Crippen LogP contribution < -0.4 is 0 Å². The summed E-state index contributed by atoms with van der Waals surface area (Å²) in [5.74, 6) is 0. The summed E-state index contributed by atoms with van der Waals surface area (Å²) in [7, 11) is 0.965. The fourth-order valence-corrected chi connectivity index (χ4v) is 2.38. The molecule has 0 aliphatic carbocycles. The van der Waals surface area contributed by atoms with Crippen molar-refractivity contribution in [2.24, 2.45) is 0 Å². The standard InChI is InChI=1S/C7H5Cl2F2NO2S/c1-3-5(8)4(6(10)11)2-12-7(3)15(9,13)14/h2,6H,1H3. The van der Waals surface area contributed by atoms with Crippen LogP contribution in [0, 0.1) is 6.92 Å². The van der Waals surface area contributed by atoms with Crippen LogP contribution >= 0.6 is 22.3 Å². The third kappa shape index (κ3) is 2.56. The van der Waals surface area contributed by atoms with E-state index >= 15 is 0 Å². The highest BCUT2D eigenvalue weighted by molar-refractivity contribution is 8.13. The van der Waals surface area contributed by atoms with Crippen molar-refractivity contribution in [1.82, 2.24) is 4.98 Å². The summed E-state index contributed by atoms with van der Waals surface area (Å²) in [6, 6.07) is 0. The van der Waals surface area contributed by atoms with Gasteiger partial charge in [-0.15, -0.1) is 0 Å². The predicted molar refractivity (Wildman–Crippen MR) is 52.0 cm³/mol. The average Bonchev–Trinajstić information content (AvgIpc) is 2.06. The molecule has 0 radical (unpaired) electrons. The molecule has 8 heteroatoms. The van der Waals surface area contributed by atoms with Crippen LogP contribution in [0.3, 0.4) is 0 Å². The largest absolute Gasteiger partial charge is 0.278 e. The Kier molecular flexibility index (Phi) is 3.52. The van der Waals surface area contributed by atoms with Gasteiger partial charge in [0.05, 0.1) is 10.6 Å². The number of halogens is 4. The molecule has 0 amide bonds. The molecule has 1 heterocycles. The number of aromatic nitrogens is 1. The Hall–Kier alpha value is -0.460. The first kappa shape index (κ1) is 12.6. The SMILES string of the molecule is Cc1c(S(=O)(=O)Cl)ncc(C(F)F)c1Cl. The molecule has 3 nitrogen and oxygen atoms in total. The molecule has 84 valence electrons. The van der Waals surface area contributed by atoms with Gasteiger partial charge in [0.2, 0.25) is 0 Å². The lowest BCUT2D eigenvalue weighted by atomic mass is 10.2. The van der Waals surface area contributed by atoms with Crippen molar-refractivity contribution >= 4 is 31.3 Å². The highest BCUT2D eigenvalue weighted by Gasteiger charge is 2.22. The predicted octanol–water partition coefficient (Wildman–Crippen LogP) is 2.91. The number of pyridine rings is 1. The van der Waals surface area contributed by atoms with E-state index in [-0.39, 0.29) is 10.6 Å². The Balaban J connectivity index is 3.48. The van der Waals surface area contributed by atoms with Gasteiger partial charge in [0, 0.05) is 22.4 Å². The molecule has 0 unspecified atom stereocenters. The zero-order chi connectivity index (χ0) is 11.8. The van der Waals surface area contributed by atoms with E-state index in [4.69, 9.17) is 22.3 Å². The van der Waals surface area contributed by atoms with Crippen molar-refractivity contribution in [3.8, 4) is 0 Å². The van der Waals surface area contributed by atoms with E-state index in [9.17, 15) is 17.2 Å². The molecule has 0 aliphatic heterocycles. The molecule has 0 spiro atoms. The van der Waals surface area contributed by atoms with Crippen LogP contribution in [0.25, 0.3) is 0 Å². The Labute approximate surface area is 94.4 Å². The third-order valence-electron chi connectivity index (χ3n) is 1.69. The maximum Gasteiger partial charge on any atom is 0.278 e. The number of alkyl halides is 2. The number of rotatable bonds is 2. The van der Waals surface area contributed by atoms with Gasteiger partial charge in [-0.05, 0) is 6.92 Å². The quantitative estimate of drug-likeness (QED) is 0.780. The molecule has 0 saturated carbocycles. The first-order valence-corrected chi connectivity index (χ1v) is 6.31. The molecule has 0 bridgehead atoms. The van der Waals surface area contributed by atoms with Crippen LogP contribution in [0.15, 0.2) is 11.2 Å². The van der Waals surface area contributed by atoms with Crippen molar-refractivity contribution in [2.75, 3.05) is 0 Å². The molecule has 0 aromatic carbocycles. The highest BCUT2D eigenvalue weighted by atomic mass is 35.7. The summed E-state index contributed by atoms with van der Waals surface area (Å²) in [6.45, 7) is 1.26. The molecule has 1 aromatic rings. The van der Waals surface area contributed by atoms with Gasteiger partial charge >= 0.3 is 0 Å². The van der Waals surface area contributed by atoms with E-state index in [1.54, 1.807) is 0 Å². The second-order valence-electron chi connectivity index (χ2n) is 2.70. The summed E-state index contributed by atoms with van der Waals surface area (Å²) in [4.78, 5) is 3.35. The van der Waals surface area contributed by atoms with Crippen LogP contribution in [0.5, 0.6) is 0 Å². The van der Waals surface area contributed by atoms with Crippen molar-refractivity contribution in [3.05, 3.63) is 22.3 Å². The van der Waals surface area contributed by atoms with Gasteiger partial charge < -0.3 is 0 Å². The second kappa shape index (κ2) is 4.19. The molecule has 1 aromatic heterocycles. The molecular formula is C7H5Cl2F2NO2S. The Morgan fingerprint density at radius 3 is 2.40 bits per heavy atom. The van der Waals surface area contributed by atoms with E-state index < -0.39 is 26.1 Å². The van der Waals surface area contributed by atoms with Gasteiger partial charge in [-0.2, -0.15) is 0 Å². The van der Waals surface area contributed by atoms with Crippen LogP contribution in [0.2, 0.25) is 5.02 Å². The Morgan fingerprint density at radius 2 is 2.00 bits per heavy atom. The summed E-state index contributed by atoms with van der Waals surface area (Å²) < 4.78 is 46.5. The molecule has 15 heavy (non-hydrogen) atoms. The second-order valence-corrected chi connectivity index (χ2v) is 5.56. The van der Waals surface area contributed by atoms with Crippen LogP contribution in [-0.2, 0) is 9.05 Å². The van der Waals surface area contributed by atoms with Crippen LogP contribution in [0.4, 0.5) is 8.78 Å². The van der Waals surface area contributed by atoms with Gasteiger partial charge in [-0.25, -0.2) is 22.2 Å². The van der Waals surface area contributed by atoms with Gasteiger partial charge in [0.15, 0.2) is 5.03 Å². The molecule has 0 fully saturated rings. The fraction of sp³-hybridized carbons (Fsp3) is 0.286. The van der Waals surface area contributed by atoms with Crippen molar-refractivity contribution in [2.45, 2.75) is 18.4 Å². The van der Waals surface area contributed by atoms with Crippen LogP contribution in [-0.4, -0.2) is 13.4 Å². The van der Waals surface area contributed by atoms with Gasteiger partial charge in [-0.3, -0.25) is 0 Å². The summed E-state index contributed by atoms with van der Waals surface area (Å²) >= 11 is 5.56. The molecule has 0 saturated heterocycles. The molecular weight excluding hydrogens is 271 g/mol.